The van der Waals surface area contributed by atoms with E-state index in [-0.39, 0.29) is 11.6 Å². The van der Waals surface area contributed by atoms with Crippen molar-refractivity contribution in [1.82, 2.24) is 10.3 Å². The number of H-pyrrole nitrogens is 1. The molecular weight excluding hydrogens is 663 g/mol. The number of halogens is 2. The van der Waals surface area contributed by atoms with Gasteiger partial charge in [0.05, 0.1) is 0 Å². The third kappa shape index (κ3) is 7.98. The van der Waals surface area contributed by atoms with Crippen LogP contribution in [0.3, 0.4) is 0 Å². The monoisotopic (exact) mass is 690 g/mol. The second kappa shape index (κ2) is 15.1. The standard InChI is InChI=1S/C38H28Cl2N4O3S/c39-31-15-8-16-32(40)30(31)23-34(44-36(45)26-11-5-2-6-12-26)37(46)42-27-13-7-14-29(21-27)48-35(25-9-3-1-4-10-25)38(47)43-28-18-17-24-19-20-41-33(24)22-28/h1-23,35,41H,(H,42,46)(H,43,47)(H,44,45)/b34-23+. The lowest BCUT2D eigenvalue weighted by Gasteiger charge is -2.18. The summed E-state index contributed by atoms with van der Waals surface area (Å²) in [5, 5.41) is 9.71. The van der Waals surface area contributed by atoms with E-state index in [2.05, 4.69) is 20.9 Å². The molecule has 5 aromatic carbocycles. The van der Waals surface area contributed by atoms with Gasteiger partial charge in [-0.1, -0.05) is 89.9 Å². The highest BCUT2D eigenvalue weighted by Gasteiger charge is 2.23. The fourth-order valence-electron chi connectivity index (χ4n) is 4.95. The number of thioether (sulfide) groups is 1. The summed E-state index contributed by atoms with van der Waals surface area (Å²) in [6.07, 6.45) is 3.30. The predicted octanol–water partition coefficient (Wildman–Crippen LogP) is 9.36. The highest BCUT2D eigenvalue weighted by molar-refractivity contribution is 8.00. The van der Waals surface area contributed by atoms with Crippen molar-refractivity contribution < 1.29 is 14.4 Å². The summed E-state index contributed by atoms with van der Waals surface area (Å²) in [4.78, 5) is 44.4. The number of carbonyl (C=O) groups excluding carboxylic acids is 3. The molecule has 1 heterocycles. The zero-order chi connectivity index (χ0) is 33.5. The van der Waals surface area contributed by atoms with Gasteiger partial charge in [-0.25, -0.2) is 0 Å². The fourth-order valence-corrected chi connectivity index (χ4v) is 6.54. The van der Waals surface area contributed by atoms with Gasteiger partial charge in [-0.15, -0.1) is 11.8 Å². The largest absolute Gasteiger partial charge is 0.361 e. The van der Waals surface area contributed by atoms with Crippen LogP contribution in [0.5, 0.6) is 0 Å². The van der Waals surface area contributed by atoms with Crippen LogP contribution in [0.4, 0.5) is 11.4 Å². The Balaban J connectivity index is 1.24. The summed E-state index contributed by atoms with van der Waals surface area (Å²) in [5.74, 6) is -1.26. The van der Waals surface area contributed by atoms with Gasteiger partial charge >= 0.3 is 0 Å². The maximum atomic E-state index is 13.7. The summed E-state index contributed by atoms with van der Waals surface area (Å²) in [6, 6.07) is 37.9. The maximum Gasteiger partial charge on any atom is 0.272 e. The van der Waals surface area contributed by atoms with Crippen LogP contribution in [-0.4, -0.2) is 22.7 Å². The highest BCUT2D eigenvalue weighted by Crippen LogP contribution is 2.37. The van der Waals surface area contributed by atoms with Crippen molar-refractivity contribution in [1.29, 1.82) is 0 Å². The predicted molar refractivity (Wildman–Crippen MR) is 195 cm³/mol. The Morgan fingerprint density at radius 2 is 1.40 bits per heavy atom. The Kier molecular flexibility index (Phi) is 10.3. The van der Waals surface area contributed by atoms with Crippen molar-refractivity contribution in [2.45, 2.75) is 10.1 Å². The van der Waals surface area contributed by atoms with Crippen molar-refractivity contribution >= 4 is 81.0 Å². The van der Waals surface area contributed by atoms with E-state index >= 15 is 0 Å². The Morgan fingerprint density at radius 1 is 0.708 bits per heavy atom. The zero-order valence-electron chi connectivity index (χ0n) is 25.2. The number of hydrogen-bond acceptors (Lipinski definition) is 4. The first-order valence-electron chi connectivity index (χ1n) is 14.9. The van der Waals surface area contributed by atoms with E-state index in [1.54, 1.807) is 66.7 Å². The van der Waals surface area contributed by atoms with E-state index in [1.807, 2.05) is 66.9 Å². The molecule has 0 aliphatic rings. The van der Waals surface area contributed by atoms with Crippen molar-refractivity contribution in [3.8, 4) is 0 Å². The van der Waals surface area contributed by atoms with E-state index in [9.17, 15) is 14.4 Å². The fraction of sp³-hybridized carbons (Fsp3) is 0.0263. The van der Waals surface area contributed by atoms with E-state index < -0.39 is 17.1 Å². The van der Waals surface area contributed by atoms with Gasteiger partial charge in [0.25, 0.3) is 11.8 Å². The topological polar surface area (TPSA) is 103 Å². The number of carbonyl (C=O) groups is 3. The van der Waals surface area contributed by atoms with Crippen LogP contribution in [0.2, 0.25) is 10.0 Å². The summed E-state index contributed by atoms with van der Waals surface area (Å²) in [7, 11) is 0. The van der Waals surface area contributed by atoms with E-state index in [0.717, 1.165) is 21.4 Å². The summed E-state index contributed by atoms with van der Waals surface area (Å²) >= 11 is 14.1. The molecule has 0 spiro atoms. The minimum Gasteiger partial charge on any atom is -0.361 e. The molecule has 0 bridgehead atoms. The minimum absolute atomic E-state index is 0.0579. The number of nitrogens with one attached hydrogen (secondary N) is 4. The number of aromatic amines is 1. The Bertz CT molecular complexity index is 2110. The maximum absolute atomic E-state index is 13.7. The second-order valence-corrected chi connectivity index (χ2v) is 12.7. The number of benzene rings is 5. The molecule has 0 aliphatic carbocycles. The number of anilines is 2. The number of rotatable bonds is 10. The number of aromatic nitrogens is 1. The smallest absolute Gasteiger partial charge is 0.272 e. The van der Waals surface area contributed by atoms with Crippen LogP contribution in [-0.2, 0) is 9.59 Å². The van der Waals surface area contributed by atoms with Crippen LogP contribution < -0.4 is 16.0 Å². The Morgan fingerprint density at radius 3 is 2.15 bits per heavy atom. The molecule has 0 fully saturated rings. The van der Waals surface area contributed by atoms with E-state index in [4.69, 9.17) is 23.2 Å². The number of hydrogen-bond donors (Lipinski definition) is 4. The molecule has 6 aromatic rings. The molecule has 4 N–H and O–H groups in total. The van der Waals surface area contributed by atoms with Gasteiger partial charge in [0.15, 0.2) is 0 Å². The van der Waals surface area contributed by atoms with Crippen LogP contribution >= 0.6 is 35.0 Å². The first-order valence-corrected chi connectivity index (χ1v) is 16.5. The molecule has 0 saturated heterocycles. The molecule has 10 heteroatoms. The van der Waals surface area contributed by atoms with Gasteiger partial charge in [-0.3, -0.25) is 14.4 Å². The SMILES string of the molecule is O=C(Nc1cccc(SC(C(=O)Nc2ccc3cc[nH]c3c2)c2ccccc2)c1)/C(=C\c1c(Cl)cccc1Cl)NC(=O)c1ccccc1. The first kappa shape index (κ1) is 32.7. The van der Waals surface area contributed by atoms with Crippen molar-refractivity contribution in [3.63, 3.8) is 0 Å². The molecule has 0 aliphatic heterocycles. The number of fused-ring (bicyclic) bond motifs is 1. The van der Waals surface area contributed by atoms with Crippen molar-refractivity contribution in [2.75, 3.05) is 10.6 Å². The van der Waals surface area contributed by atoms with E-state index in [0.29, 0.717) is 32.5 Å². The van der Waals surface area contributed by atoms with Crippen LogP contribution in [0.25, 0.3) is 17.0 Å². The van der Waals surface area contributed by atoms with Gasteiger partial charge in [0, 0.05) is 49.2 Å². The summed E-state index contributed by atoms with van der Waals surface area (Å²) < 4.78 is 0. The molecule has 1 atom stereocenters. The second-order valence-electron chi connectivity index (χ2n) is 10.7. The molecule has 0 saturated carbocycles. The zero-order valence-corrected chi connectivity index (χ0v) is 27.6. The average Bonchev–Trinajstić information content (AvgIpc) is 3.57. The Labute approximate surface area is 291 Å². The normalized spacial score (nSPS) is 11.9. The van der Waals surface area contributed by atoms with Crippen LogP contribution in [0.15, 0.2) is 144 Å². The summed E-state index contributed by atoms with van der Waals surface area (Å²) in [5.41, 5.74) is 3.57. The molecule has 3 amide bonds. The average molecular weight is 692 g/mol. The van der Waals surface area contributed by atoms with Gasteiger partial charge in [0.2, 0.25) is 5.91 Å². The van der Waals surface area contributed by atoms with Gasteiger partial charge < -0.3 is 20.9 Å². The summed E-state index contributed by atoms with van der Waals surface area (Å²) in [6.45, 7) is 0. The van der Waals surface area contributed by atoms with Crippen molar-refractivity contribution in [3.05, 3.63) is 166 Å². The van der Waals surface area contributed by atoms with Crippen molar-refractivity contribution in [2.24, 2.45) is 0 Å². The number of amides is 3. The molecule has 1 unspecified atom stereocenters. The third-order valence-electron chi connectivity index (χ3n) is 7.33. The molecule has 6 rings (SSSR count). The van der Waals surface area contributed by atoms with Crippen LogP contribution in [0.1, 0.15) is 26.7 Å². The lowest BCUT2D eigenvalue weighted by Crippen LogP contribution is -2.30. The first-order chi connectivity index (χ1) is 23.3. The molecular formula is C38H28Cl2N4O3S. The molecule has 1 aromatic heterocycles. The minimum atomic E-state index is -0.598. The van der Waals surface area contributed by atoms with Crippen LogP contribution in [0, 0.1) is 0 Å². The molecule has 7 nitrogen and oxygen atoms in total. The molecule has 238 valence electrons. The van der Waals surface area contributed by atoms with Gasteiger partial charge in [-0.05, 0) is 77.7 Å². The quantitative estimate of drug-likeness (QED) is 0.0849. The lowest BCUT2D eigenvalue weighted by atomic mass is 10.1. The third-order valence-corrected chi connectivity index (χ3v) is 9.23. The molecule has 0 radical (unpaired) electrons. The molecule has 48 heavy (non-hydrogen) atoms. The van der Waals surface area contributed by atoms with Gasteiger partial charge in [-0.2, -0.15) is 0 Å². The van der Waals surface area contributed by atoms with E-state index in [1.165, 1.54) is 17.8 Å². The van der Waals surface area contributed by atoms with Gasteiger partial charge in [0.1, 0.15) is 10.9 Å². The highest BCUT2D eigenvalue weighted by atomic mass is 35.5. The Hall–Kier alpha value is -5.28. The lowest BCUT2D eigenvalue weighted by molar-refractivity contribution is -0.116.